The largest absolute Gasteiger partial charge is 0.327 e. The van der Waals surface area contributed by atoms with Crippen LogP contribution in [0.15, 0.2) is 12.4 Å². The molecular formula is C12H21N3. The molecule has 84 valence electrons. The van der Waals surface area contributed by atoms with Crippen LogP contribution in [0.4, 0.5) is 0 Å². The minimum absolute atomic E-state index is 0.256. The highest BCUT2D eigenvalue weighted by molar-refractivity contribution is 5.30. The summed E-state index contributed by atoms with van der Waals surface area (Å²) in [6.07, 6.45) is 4.13. The molecule has 1 aliphatic rings. The Morgan fingerprint density at radius 1 is 1.53 bits per heavy atom. The van der Waals surface area contributed by atoms with Gasteiger partial charge in [-0.1, -0.05) is 27.7 Å². The summed E-state index contributed by atoms with van der Waals surface area (Å²) in [4.78, 5) is 0. The van der Waals surface area contributed by atoms with Crippen molar-refractivity contribution >= 4 is 0 Å². The first kappa shape index (κ1) is 10.7. The molecule has 0 saturated heterocycles. The maximum atomic E-state index is 6.05. The standard InChI is InChI=1S/C12H21N3/c1-8(2)6-15-7-9(5-14-15)10-11(13)12(10,3)4/h5,7-8,10-11H,6,13H2,1-4H3/t10-,11-/m0/s1. The van der Waals surface area contributed by atoms with Gasteiger partial charge in [0.15, 0.2) is 0 Å². The Balaban J connectivity index is 2.09. The lowest BCUT2D eigenvalue weighted by Crippen LogP contribution is -2.06. The number of hydrogen-bond donors (Lipinski definition) is 1. The van der Waals surface area contributed by atoms with Crippen LogP contribution in [0.3, 0.4) is 0 Å². The van der Waals surface area contributed by atoms with E-state index in [1.807, 2.05) is 10.9 Å². The van der Waals surface area contributed by atoms with Crippen molar-refractivity contribution in [3.8, 4) is 0 Å². The number of aromatic nitrogens is 2. The first-order valence-corrected chi connectivity index (χ1v) is 5.71. The zero-order valence-corrected chi connectivity index (χ0v) is 10.1. The summed E-state index contributed by atoms with van der Waals surface area (Å²) in [5.74, 6) is 1.14. The maximum Gasteiger partial charge on any atom is 0.0525 e. The first-order valence-electron chi connectivity index (χ1n) is 5.71. The predicted molar refractivity (Wildman–Crippen MR) is 61.6 cm³/mol. The van der Waals surface area contributed by atoms with E-state index in [0.717, 1.165) is 6.54 Å². The third-order valence-electron chi connectivity index (χ3n) is 3.48. The first-order chi connectivity index (χ1) is 6.93. The molecule has 3 heteroatoms. The van der Waals surface area contributed by atoms with E-state index in [1.165, 1.54) is 5.56 Å². The van der Waals surface area contributed by atoms with Gasteiger partial charge in [-0.05, 0) is 16.9 Å². The van der Waals surface area contributed by atoms with Crippen LogP contribution in [0.1, 0.15) is 39.2 Å². The zero-order valence-electron chi connectivity index (χ0n) is 10.1. The molecule has 0 radical (unpaired) electrons. The average Bonchev–Trinajstić information content (AvgIpc) is 2.46. The summed E-state index contributed by atoms with van der Waals surface area (Å²) >= 11 is 0. The Labute approximate surface area is 91.7 Å². The Kier molecular flexibility index (Phi) is 2.38. The summed E-state index contributed by atoms with van der Waals surface area (Å²) in [6.45, 7) is 9.84. The van der Waals surface area contributed by atoms with Crippen molar-refractivity contribution < 1.29 is 0 Å². The van der Waals surface area contributed by atoms with Gasteiger partial charge in [0.05, 0.1) is 6.20 Å². The van der Waals surface area contributed by atoms with Crippen LogP contribution in [0, 0.1) is 11.3 Å². The van der Waals surface area contributed by atoms with Crippen molar-refractivity contribution in [1.82, 2.24) is 9.78 Å². The van der Waals surface area contributed by atoms with Gasteiger partial charge in [-0.2, -0.15) is 5.10 Å². The molecule has 0 aromatic carbocycles. The summed E-state index contributed by atoms with van der Waals surface area (Å²) in [6, 6.07) is 0.300. The van der Waals surface area contributed by atoms with Crippen LogP contribution in [-0.2, 0) is 6.54 Å². The van der Waals surface area contributed by atoms with Crippen LogP contribution in [0.5, 0.6) is 0 Å². The maximum absolute atomic E-state index is 6.05. The van der Waals surface area contributed by atoms with Gasteiger partial charge in [0.1, 0.15) is 0 Å². The monoisotopic (exact) mass is 207 g/mol. The van der Waals surface area contributed by atoms with Crippen LogP contribution < -0.4 is 5.73 Å². The van der Waals surface area contributed by atoms with Gasteiger partial charge in [0.2, 0.25) is 0 Å². The Bertz CT molecular complexity index is 352. The van der Waals surface area contributed by atoms with Crippen molar-refractivity contribution in [2.75, 3.05) is 0 Å². The highest BCUT2D eigenvalue weighted by Crippen LogP contribution is 2.57. The second kappa shape index (κ2) is 3.34. The molecule has 1 heterocycles. The van der Waals surface area contributed by atoms with E-state index in [4.69, 9.17) is 5.73 Å². The fourth-order valence-electron chi connectivity index (χ4n) is 2.33. The van der Waals surface area contributed by atoms with Gasteiger partial charge in [-0.25, -0.2) is 0 Å². The number of nitrogens with zero attached hydrogens (tertiary/aromatic N) is 2. The molecule has 0 amide bonds. The number of rotatable bonds is 3. The lowest BCUT2D eigenvalue weighted by Gasteiger charge is -2.03. The quantitative estimate of drug-likeness (QED) is 0.823. The van der Waals surface area contributed by atoms with Crippen molar-refractivity contribution in [2.24, 2.45) is 17.1 Å². The molecule has 1 aliphatic carbocycles. The Morgan fingerprint density at radius 2 is 2.13 bits per heavy atom. The lowest BCUT2D eigenvalue weighted by molar-refractivity contribution is 0.482. The molecule has 15 heavy (non-hydrogen) atoms. The molecule has 2 rings (SSSR count). The molecule has 1 saturated carbocycles. The van der Waals surface area contributed by atoms with E-state index in [2.05, 4.69) is 39.0 Å². The molecule has 0 aliphatic heterocycles. The molecule has 3 nitrogen and oxygen atoms in total. The highest BCUT2D eigenvalue weighted by atomic mass is 15.3. The van der Waals surface area contributed by atoms with Crippen molar-refractivity contribution in [3.63, 3.8) is 0 Å². The summed E-state index contributed by atoms with van der Waals surface area (Å²) < 4.78 is 2.03. The van der Waals surface area contributed by atoms with Gasteiger partial charge >= 0.3 is 0 Å². The third-order valence-corrected chi connectivity index (χ3v) is 3.48. The Morgan fingerprint density at radius 3 is 2.60 bits per heavy atom. The second-order valence-electron chi connectivity index (χ2n) is 5.71. The minimum Gasteiger partial charge on any atom is -0.327 e. The van der Waals surface area contributed by atoms with Crippen LogP contribution in [0.2, 0.25) is 0 Å². The molecule has 0 unspecified atom stereocenters. The van der Waals surface area contributed by atoms with E-state index < -0.39 is 0 Å². The lowest BCUT2D eigenvalue weighted by atomic mass is 10.1. The van der Waals surface area contributed by atoms with E-state index in [-0.39, 0.29) is 5.41 Å². The van der Waals surface area contributed by atoms with E-state index in [0.29, 0.717) is 17.9 Å². The van der Waals surface area contributed by atoms with Gasteiger partial charge in [-0.3, -0.25) is 4.68 Å². The second-order valence-corrected chi connectivity index (χ2v) is 5.71. The highest BCUT2D eigenvalue weighted by Gasteiger charge is 2.56. The van der Waals surface area contributed by atoms with Crippen LogP contribution in [-0.4, -0.2) is 15.8 Å². The van der Waals surface area contributed by atoms with E-state index >= 15 is 0 Å². The van der Waals surface area contributed by atoms with Crippen molar-refractivity contribution in [2.45, 2.75) is 46.2 Å². The Hall–Kier alpha value is -0.830. The van der Waals surface area contributed by atoms with E-state index in [1.54, 1.807) is 0 Å². The molecule has 1 aromatic heterocycles. The molecule has 0 spiro atoms. The molecule has 2 N–H and O–H groups in total. The molecular weight excluding hydrogens is 186 g/mol. The fraction of sp³-hybridized carbons (Fsp3) is 0.750. The van der Waals surface area contributed by atoms with E-state index in [9.17, 15) is 0 Å². The number of nitrogens with two attached hydrogens (primary N) is 1. The average molecular weight is 207 g/mol. The molecule has 1 fully saturated rings. The summed E-state index contributed by atoms with van der Waals surface area (Å²) in [7, 11) is 0. The van der Waals surface area contributed by atoms with Gasteiger partial charge in [0, 0.05) is 24.7 Å². The molecule has 2 atom stereocenters. The topological polar surface area (TPSA) is 43.8 Å². The minimum atomic E-state index is 0.256. The molecule has 0 bridgehead atoms. The normalized spacial score (nSPS) is 28.4. The zero-order chi connectivity index (χ0) is 11.2. The fourth-order valence-corrected chi connectivity index (χ4v) is 2.33. The van der Waals surface area contributed by atoms with Gasteiger partial charge in [-0.15, -0.1) is 0 Å². The third kappa shape index (κ3) is 1.81. The predicted octanol–water partition coefficient (Wildman–Crippen LogP) is 1.99. The SMILES string of the molecule is CC(C)Cn1cc([C@H]2[C@H](N)C2(C)C)cn1. The molecule has 1 aromatic rings. The van der Waals surface area contributed by atoms with Crippen molar-refractivity contribution in [3.05, 3.63) is 18.0 Å². The number of hydrogen-bond acceptors (Lipinski definition) is 2. The van der Waals surface area contributed by atoms with Crippen LogP contribution >= 0.6 is 0 Å². The smallest absolute Gasteiger partial charge is 0.0525 e. The summed E-state index contributed by atoms with van der Waals surface area (Å²) in [5, 5.41) is 4.38. The van der Waals surface area contributed by atoms with Gasteiger partial charge in [0.25, 0.3) is 0 Å². The van der Waals surface area contributed by atoms with Crippen LogP contribution in [0.25, 0.3) is 0 Å². The van der Waals surface area contributed by atoms with Crippen molar-refractivity contribution in [1.29, 1.82) is 0 Å². The van der Waals surface area contributed by atoms with Gasteiger partial charge < -0.3 is 5.73 Å². The summed E-state index contributed by atoms with van der Waals surface area (Å²) in [5.41, 5.74) is 7.60.